The van der Waals surface area contributed by atoms with Crippen molar-refractivity contribution in [3.8, 4) is 0 Å². The van der Waals surface area contributed by atoms with E-state index in [9.17, 15) is 124 Å². The molecule has 304 valence electrons. The molecule has 51 heavy (non-hydrogen) atoms. The number of carbonyl (C=O) groups is 2. The number of alkyl halides is 26. The van der Waals surface area contributed by atoms with Gasteiger partial charge in [-0.1, -0.05) is 0 Å². The zero-order valence-electron chi connectivity index (χ0n) is 23.3. The van der Waals surface area contributed by atoms with Crippen molar-refractivity contribution in [1.82, 2.24) is 0 Å². The van der Waals surface area contributed by atoms with Gasteiger partial charge in [0.25, 0.3) is 0 Å². The van der Waals surface area contributed by atoms with Gasteiger partial charge in [-0.05, 0) is 0 Å². The molecule has 3 N–H and O–H groups in total. The summed E-state index contributed by atoms with van der Waals surface area (Å²) in [6.07, 6.45) is -23.3. The zero-order valence-corrected chi connectivity index (χ0v) is 23.3. The van der Waals surface area contributed by atoms with Gasteiger partial charge in [0.15, 0.2) is 6.04 Å². The van der Waals surface area contributed by atoms with Gasteiger partial charge < -0.3 is 15.2 Å². The molecule has 0 heterocycles. The molecule has 0 saturated heterocycles. The Hall–Kier alpha value is -2.92. The molecule has 0 spiro atoms. The number of rotatable bonds is 17. The Bertz CT molecular complexity index is 1240. The molecule has 0 aliphatic rings. The maximum absolute atomic E-state index is 13.7. The van der Waals surface area contributed by atoms with Gasteiger partial charge in [0, 0.05) is 0 Å². The Kier molecular flexibility index (Phi) is 13.0. The van der Waals surface area contributed by atoms with E-state index in [1.807, 2.05) is 0 Å². The maximum Gasteiger partial charge on any atom is 0.460 e. The Morgan fingerprint density at radius 1 is 0.412 bits per heavy atom. The van der Waals surface area contributed by atoms with E-state index in [4.69, 9.17) is 0 Å². The van der Waals surface area contributed by atoms with Crippen LogP contribution in [0.3, 0.4) is 0 Å². The van der Waals surface area contributed by atoms with Crippen LogP contribution in [0, 0.1) is 0 Å². The van der Waals surface area contributed by atoms with Crippen molar-refractivity contribution < 1.29 is 139 Å². The average molecular weight is 826 g/mol. The van der Waals surface area contributed by atoms with E-state index in [2.05, 4.69) is 15.2 Å². The van der Waals surface area contributed by atoms with E-state index in [-0.39, 0.29) is 0 Å². The summed E-state index contributed by atoms with van der Waals surface area (Å²) in [6, 6.07) is -2.47. The van der Waals surface area contributed by atoms with Gasteiger partial charge in [-0.3, -0.25) is 4.79 Å². The Morgan fingerprint density at radius 2 is 0.667 bits per heavy atom. The minimum atomic E-state index is -8.26. The van der Waals surface area contributed by atoms with Gasteiger partial charge in [0.1, 0.15) is 6.42 Å². The summed E-state index contributed by atoms with van der Waals surface area (Å²) in [5.41, 5.74) is 2.63. The van der Waals surface area contributed by atoms with Crippen molar-refractivity contribution in [1.29, 1.82) is 0 Å². The topological polar surface area (TPSA) is 80.2 Å². The molecule has 5 nitrogen and oxygen atoms in total. The van der Waals surface area contributed by atoms with E-state index >= 15 is 0 Å². The predicted molar refractivity (Wildman–Crippen MR) is 104 cm³/mol. The lowest BCUT2D eigenvalue weighted by atomic mass is 9.93. The lowest BCUT2D eigenvalue weighted by molar-refractivity contribution is -0.440. The first kappa shape index (κ1) is 48.1. The number of hydrogen-bond donors (Lipinski definition) is 1. The molecule has 1 atom stereocenters. The number of ether oxygens (including phenoxy) is 2. The summed E-state index contributed by atoms with van der Waals surface area (Å²) >= 11 is 0. The van der Waals surface area contributed by atoms with E-state index in [1.54, 1.807) is 0 Å². The number of hydrogen-bond acceptors (Lipinski definition) is 4. The van der Waals surface area contributed by atoms with Crippen LogP contribution in [0.25, 0.3) is 0 Å². The first-order valence-corrected chi connectivity index (χ1v) is 12.0. The monoisotopic (exact) mass is 826 g/mol. The van der Waals surface area contributed by atoms with Gasteiger partial charge >= 0.3 is 83.5 Å². The van der Waals surface area contributed by atoms with Gasteiger partial charge in [0.05, 0.1) is 26.1 Å². The van der Waals surface area contributed by atoms with Crippen molar-refractivity contribution in [2.45, 2.75) is 96.9 Å². The van der Waals surface area contributed by atoms with Crippen LogP contribution in [-0.4, -0.2) is 103 Å². The molecule has 0 aromatic heterocycles. The molecule has 1 unspecified atom stereocenters. The lowest BCUT2D eigenvalue weighted by Crippen LogP contribution is -2.70. The summed E-state index contributed by atoms with van der Waals surface area (Å²) in [4.78, 5) is 23.1. The fourth-order valence-corrected chi connectivity index (χ4v) is 2.95. The van der Waals surface area contributed by atoms with Crippen LogP contribution >= 0.6 is 0 Å². The minimum Gasteiger partial charge on any atom is -0.465 e. The van der Waals surface area contributed by atoms with Crippen LogP contribution in [0.2, 0.25) is 0 Å². The van der Waals surface area contributed by atoms with Crippen LogP contribution in [-0.2, 0) is 19.1 Å². The summed E-state index contributed by atoms with van der Waals surface area (Å²) in [6.45, 7) is -4.72. The van der Waals surface area contributed by atoms with Crippen molar-refractivity contribution in [3.63, 3.8) is 0 Å². The zero-order chi connectivity index (χ0) is 41.7. The van der Waals surface area contributed by atoms with Crippen LogP contribution in [0.4, 0.5) is 114 Å². The number of carbonyl (C=O) groups excluding carboxylic acids is 2. The first-order chi connectivity index (χ1) is 21.9. The molecule has 0 fully saturated rings. The van der Waals surface area contributed by atoms with E-state index in [0.717, 1.165) is 0 Å². The van der Waals surface area contributed by atoms with Gasteiger partial charge in [0.2, 0.25) is 0 Å². The number of esters is 2. The molecule has 31 heteroatoms. The molecular formula is C20H14F26NO4+. The highest BCUT2D eigenvalue weighted by Crippen LogP contribution is 2.62. The normalized spacial score (nSPS) is 16.2. The molecule has 0 saturated carbocycles. The Labute approximate surface area is 262 Å². The molecule has 0 rings (SSSR count). The molecule has 0 aromatic carbocycles. The molecule has 0 aliphatic carbocycles. The van der Waals surface area contributed by atoms with Crippen molar-refractivity contribution in [2.75, 3.05) is 13.2 Å². The van der Waals surface area contributed by atoms with Crippen LogP contribution in [0.1, 0.15) is 19.3 Å². The fraction of sp³-hybridized carbons (Fsp3) is 0.900. The average Bonchev–Trinajstić information content (AvgIpc) is 2.90. The number of quaternary nitrogens is 1. The third kappa shape index (κ3) is 8.04. The van der Waals surface area contributed by atoms with E-state index in [0.29, 0.717) is 0 Å². The molecular weight excluding hydrogens is 812 g/mol. The van der Waals surface area contributed by atoms with E-state index in [1.165, 1.54) is 0 Å². The molecule has 0 radical (unpaired) electrons. The minimum absolute atomic E-state index is 1.75. The summed E-state index contributed by atoms with van der Waals surface area (Å²) in [5, 5.41) is 0. The maximum atomic E-state index is 13.7. The molecule has 0 aliphatic heterocycles. The van der Waals surface area contributed by atoms with Crippen molar-refractivity contribution in [3.05, 3.63) is 0 Å². The summed E-state index contributed by atoms with van der Waals surface area (Å²) in [7, 11) is 0. The van der Waals surface area contributed by atoms with Crippen LogP contribution in [0.5, 0.6) is 0 Å². The van der Waals surface area contributed by atoms with Gasteiger partial charge in [-0.25, -0.2) is 4.79 Å². The SMILES string of the molecule is [NH3+]C(CC(=O)OCCC(F)(F)C(F)(F)C(F)(F)C(F)(F)C(F)(F)C(F)(F)F)C(=O)OCCC(F)(F)C(F)(F)C(F)(F)C(F)(F)C(F)(F)C(F)(F)F. The number of halogens is 26. The molecule has 0 bridgehead atoms. The second-order valence-electron chi connectivity index (χ2n) is 9.79. The second kappa shape index (κ2) is 13.8. The highest BCUT2D eigenvalue weighted by molar-refractivity contribution is 5.81. The smallest absolute Gasteiger partial charge is 0.460 e. The third-order valence-electron chi connectivity index (χ3n) is 6.08. The Morgan fingerprint density at radius 3 is 0.941 bits per heavy atom. The molecule has 0 aromatic rings. The van der Waals surface area contributed by atoms with Crippen molar-refractivity contribution in [2.24, 2.45) is 0 Å². The third-order valence-corrected chi connectivity index (χ3v) is 6.08. The van der Waals surface area contributed by atoms with Gasteiger partial charge in [-0.2, -0.15) is 114 Å². The molecule has 0 amide bonds. The first-order valence-electron chi connectivity index (χ1n) is 12.0. The van der Waals surface area contributed by atoms with Gasteiger partial charge in [-0.15, -0.1) is 0 Å². The van der Waals surface area contributed by atoms with Crippen molar-refractivity contribution >= 4 is 11.9 Å². The Balaban J connectivity index is 5.50. The van der Waals surface area contributed by atoms with Crippen LogP contribution < -0.4 is 5.73 Å². The fourth-order valence-electron chi connectivity index (χ4n) is 2.95. The highest BCUT2D eigenvalue weighted by atomic mass is 19.4. The van der Waals surface area contributed by atoms with Crippen LogP contribution in [0.15, 0.2) is 0 Å². The summed E-state index contributed by atoms with van der Waals surface area (Å²) < 4.78 is 346. The second-order valence-corrected chi connectivity index (χ2v) is 9.79. The predicted octanol–water partition coefficient (Wildman–Crippen LogP) is 7.33. The standard InChI is InChI=1S/C20H13F26NO4/c21-9(22,11(25,26)13(29,30)15(33,34)17(37,38)19(41,42)43)1-3-50-7(48)5-6(47)8(49)51-4-2-10(23,24)12(27,28)14(31,32)16(35,36)18(39,40)20(44,45)46/h6H,1-5,47H2/p+1. The lowest BCUT2D eigenvalue weighted by Gasteiger charge is -2.39. The van der Waals surface area contributed by atoms with E-state index < -0.39 is 122 Å². The largest absolute Gasteiger partial charge is 0.465 e. The highest BCUT2D eigenvalue weighted by Gasteiger charge is 2.92. The quantitative estimate of drug-likeness (QED) is 0.123. The summed E-state index contributed by atoms with van der Waals surface area (Å²) in [5.74, 6) is -82.4.